The van der Waals surface area contributed by atoms with E-state index in [4.69, 9.17) is 11.6 Å². The molecule has 0 aliphatic heterocycles. The number of thioether (sulfide) groups is 1. The van der Waals surface area contributed by atoms with Crippen LogP contribution in [0.4, 0.5) is 11.4 Å². The second kappa shape index (κ2) is 8.47. The third-order valence-electron chi connectivity index (χ3n) is 4.10. The second-order valence-corrected chi connectivity index (χ2v) is 7.46. The molecule has 2 aromatic heterocycles. The van der Waals surface area contributed by atoms with Gasteiger partial charge in [0.25, 0.3) is 5.69 Å². The summed E-state index contributed by atoms with van der Waals surface area (Å²) in [7, 11) is 0. The molecule has 0 radical (unpaired) electrons. The highest BCUT2D eigenvalue weighted by atomic mass is 35.5. The Bertz CT molecular complexity index is 1250. The molecule has 0 aliphatic rings. The van der Waals surface area contributed by atoms with Gasteiger partial charge in [0.2, 0.25) is 5.91 Å². The van der Waals surface area contributed by atoms with E-state index in [1.54, 1.807) is 10.9 Å². The number of hydrogen-bond donors (Lipinski definition) is 1. The fourth-order valence-corrected chi connectivity index (χ4v) is 3.72. The number of aromatic nitrogens is 4. The van der Waals surface area contributed by atoms with Crippen LogP contribution >= 0.6 is 23.4 Å². The molecule has 0 atom stereocenters. The lowest BCUT2D eigenvalue weighted by molar-refractivity contribution is -0.383. The van der Waals surface area contributed by atoms with Crippen LogP contribution in [0, 0.1) is 10.1 Å². The molecule has 2 aromatic carbocycles. The van der Waals surface area contributed by atoms with Gasteiger partial charge in [0.1, 0.15) is 17.0 Å². The number of anilines is 1. The van der Waals surface area contributed by atoms with E-state index >= 15 is 0 Å². The van der Waals surface area contributed by atoms with Crippen LogP contribution in [0.2, 0.25) is 5.02 Å². The number of carbonyl (C=O) groups excluding carboxylic acids is 1. The van der Waals surface area contributed by atoms with Gasteiger partial charge in [0.15, 0.2) is 5.65 Å². The van der Waals surface area contributed by atoms with Crippen molar-refractivity contribution >= 4 is 51.7 Å². The minimum Gasteiger partial charge on any atom is -0.320 e. The van der Waals surface area contributed by atoms with Gasteiger partial charge in [-0.1, -0.05) is 41.6 Å². The van der Waals surface area contributed by atoms with Crippen LogP contribution in [-0.2, 0) is 4.79 Å². The maximum Gasteiger partial charge on any atom is 0.292 e. The van der Waals surface area contributed by atoms with Gasteiger partial charge in [-0.2, -0.15) is 5.10 Å². The zero-order valence-electron chi connectivity index (χ0n) is 15.2. The molecule has 150 valence electrons. The first-order chi connectivity index (χ1) is 14.5. The van der Waals surface area contributed by atoms with E-state index in [0.717, 1.165) is 5.69 Å². The Morgan fingerprint density at radius 2 is 2.00 bits per heavy atom. The first-order valence-corrected chi connectivity index (χ1v) is 10.00. The predicted molar refractivity (Wildman–Crippen MR) is 114 cm³/mol. The summed E-state index contributed by atoms with van der Waals surface area (Å²) in [6.07, 6.45) is 3.05. The summed E-state index contributed by atoms with van der Waals surface area (Å²) in [5.74, 6) is -0.431. The molecule has 4 rings (SSSR count). The summed E-state index contributed by atoms with van der Waals surface area (Å²) in [4.78, 5) is 31.5. The number of nitrogens with one attached hydrogen (secondary N) is 1. The Balaban J connectivity index is 1.52. The maximum atomic E-state index is 12.4. The van der Waals surface area contributed by atoms with Gasteiger partial charge in [-0.05, 0) is 24.3 Å². The number of nitro benzene ring substituents is 1. The number of rotatable bonds is 6. The fraction of sp³-hybridized carbons (Fsp3) is 0.0526. The van der Waals surface area contributed by atoms with Crippen LogP contribution in [0.1, 0.15) is 0 Å². The van der Waals surface area contributed by atoms with Crippen molar-refractivity contribution in [3.05, 3.63) is 76.2 Å². The molecule has 0 aliphatic carbocycles. The van der Waals surface area contributed by atoms with Gasteiger partial charge in [-0.15, -0.1) is 0 Å². The van der Waals surface area contributed by atoms with E-state index in [1.807, 2.05) is 30.3 Å². The van der Waals surface area contributed by atoms with E-state index in [2.05, 4.69) is 20.4 Å². The lowest BCUT2D eigenvalue weighted by Crippen LogP contribution is -2.15. The lowest BCUT2D eigenvalue weighted by atomic mass is 10.2. The molecule has 11 heteroatoms. The molecule has 0 spiro atoms. The number of hydrogen-bond acceptors (Lipinski definition) is 7. The Kier molecular flexibility index (Phi) is 5.59. The molecule has 0 saturated heterocycles. The molecule has 2 heterocycles. The summed E-state index contributed by atoms with van der Waals surface area (Å²) >= 11 is 7.08. The fourth-order valence-electron chi connectivity index (χ4n) is 2.78. The van der Waals surface area contributed by atoms with Crippen molar-refractivity contribution in [3.8, 4) is 5.69 Å². The normalized spacial score (nSPS) is 10.8. The van der Waals surface area contributed by atoms with Crippen LogP contribution in [0.15, 0.2) is 66.1 Å². The molecule has 0 unspecified atom stereocenters. The molecule has 4 aromatic rings. The van der Waals surface area contributed by atoms with Crippen molar-refractivity contribution in [1.82, 2.24) is 19.7 Å². The van der Waals surface area contributed by atoms with Crippen LogP contribution < -0.4 is 5.32 Å². The molecular weight excluding hydrogens is 428 g/mol. The SMILES string of the molecule is O=C(CSc1ncnc2c1cnn2-c1ccccc1)Nc1cc(Cl)ccc1[N+](=O)[O-]. The number of benzene rings is 2. The first kappa shape index (κ1) is 19.8. The molecule has 0 fully saturated rings. The van der Waals surface area contributed by atoms with Crippen LogP contribution in [0.5, 0.6) is 0 Å². The summed E-state index contributed by atoms with van der Waals surface area (Å²) in [5, 5.41) is 19.6. The van der Waals surface area contributed by atoms with Gasteiger partial charge < -0.3 is 5.32 Å². The monoisotopic (exact) mass is 440 g/mol. The number of nitro groups is 1. The van der Waals surface area contributed by atoms with Crippen LogP contribution in [0.25, 0.3) is 16.7 Å². The minimum absolute atomic E-state index is 0.00764. The van der Waals surface area contributed by atoms with Crippen molar-refractivity contribution in [3.63, 3.8) is 0 Å². The van der Waals surface area contributed by atoms with E-state index in [-0.39, 0.29) is 22.2 Å². The molecule has 9 nitrogen and oxygen atoms in total. The summed E-state index contributed by atoms with van der Waals surface area (Å²) in [6, 6.07) is 13.5. The van der Waals surface area contributed by atoms with E-state index in [9.17, 15) is 14.9 Å². The van der Waals surface area contributed by atoms with Crippen molar-refractivity contribution in [2.75, 3.05) is 11.1 Å². The lowest BCUT2D eigenvalue weighted by Gasteiger charge is -2.07. The van der Waals surface area contributed by atoms with E-state index < -0.39 is 10.8 Å². The summed E-state index contributed by atoms with van der Waals surface area (Å²) in [6.45, 7) is 0. The number of amides is 1. The van der Waals surface area contributed by atoms with Gasteiger partial charge in [0, 0.05) is 11.1 Å². The number of para-hydroxylation sites is 1. The van der Waals surface area contributed by atoms with Crippen LogP contribution in [-0.4, -0.2) is 36.3 Å². The molecule has 1 N–H and O–H groups in total. The molecule has 1 amide bonds. The van der Waals surface area contributed by atoms with Crippen molar-refractivity contribution in [2.24, 2.45) is 0 Å². The Morgan fingerprint density at radius 1 is 1.20 bits per heavy atom. The number of fused-ring (bicyclic) bond motifs is 1. The summed E-state index contributed by atoms with van der Waals surface area (Å²) < 4.78 is 1.69. The Labute approximate surface area is 179 Å². The molecule has 30 heavy (non-hydrogen) atoms. The highest BCUT2D eigenvalue weighted by molar-refractivity contribution is 8.00. The van der Waals surface area contributed by atoms with Crippen LogP contribution in [0.3, 0.4) is 0 Å². The van der Waals surface area contributed by atoms with E-state index in [0.29, 0.717) is 16.1 Å². The molecule has 0 bridgehead atoms. The van der Waals surface area contributed by atoms with Gasteiger partial charge in [-0.25, -0.2) is 14.6 Å². The smallest absolute Gasteiger partial charge is 0.292 e. The van der Waals surface area contributed by atoms with Crippen molar-refractivity contribution in [1.29, 1.82) is 0 Å². The molecule has 0 saturated carbocycles. The zero-order valence-corrected chi connectivity index (χ0v) is 16.8. The minimum atomic E-state index is -0.578. The highest BCUT2D eigenvalue weighted by Gasteiger charge is 2.17. The molecular formula is C19H13ClN6O3S. The second-order valence-electron chi connectivity index (χ2n) is 6.06. The Hall–Kier alpha value is -3.50. The number of nitrogens with zero attached hydrogens (tertiary/aromatic N) is 5. The summed E-state index contributed by atoms with van der Waals surface area (Å²) in [5.41, 5.74) is 1.28. The topological polar surface area (TPSA) is 116 Å². The number of halogens is 1. The zero-order chi connectivity index (χ0) is 21.1. The van der Waals surface area contributed by atoms with Crippen molar-refractivity contribution < 1.29 is 9.72 Å². The van der Waals surface area contributed by atoms with Gasteiger partial charge >= 0.3 is 0 Å². The average Bonchev–Trinajstić information content (AvgIpc) is 3.17. The maximum absolute atomic E-state index is 12.4. The quantitative estimate of drug-likeness (QED) is 0.207. The van der Waals surface area contributed by atoms with Gasteiger partial charge in [0.05, 0.1) is 27.9 Å². The third kappa shape index (κ3) is 4.09. The highest BCUT2D eigenvalue weighted by Crippen LogP contribution is 2.29. The third-order valence-corrected chi connectivity index (χ3v) is 5.34. The predicted octanol–water partition coefficient (Wildman–Crippen LogP) is 4.11. The standard InChI is InChI=1S/C19H13ClN6O3S/c20-12-6-7-16(26(28)29)15(8-12)24-17(27)10-30-19-14-9-23-25(18(14)21-11-22-19)13-4-2-1-3-5-13/h1-9,11H,10H2,(H,24,27). The average molecular weight is 441 g/mol. The van der Waals surface area contributed by atoms with Crippen molar-refractivity contribution in [2.45, 2.75) is 5.03 Å². The largest absolute Gasteiger partial charge is 0.320 e. The van der Waals surface area contributed by atoms with Gasteiger partial charge in [-0.3, -0.25) is 14.9 Å². The number of carbonyl (C=O) groups is 1. The van der Waals surface area contributed by atoms with E-state index in [1.165, 1.54) is 36.3 Å². The Morgan fingerprint density at radius 3 is 2.77 bits per heavy atom. The first-order valence-electron chi connectivity index (χ1n) is 8.63.